The smallest absolute Gasteiger partial charge is 0.254 e. The predicted octanol–water partition coefficient (Wildman–Crippen LogP) is 3.50. The Hall–Kier alpha value is -1.40. The second kappa shape index (κ2) is 5.91. The summed E-state index contributed by atoms with van der Waals surface area (Å²) in [7, 11) is 0. The molecule has 1 unspecified atom stereocenters. The highest BCUT2D eigenvalue weighted by atomic mass is 35.5. The molecule has 2 aliphatic rings. The van der Waals surface area contributed by atoms with Gasteiger partial charge in [0.25, 0.3) is 5.88 Å². The molecule has 4 rings (SSSR count). The third-order valence-corrected chi connectivity index (χ3v) is 4.82. The van der Waals surface area contributed by atoms with Crippen molar-refractivity contribution in [2.24, 2.45) is 5.92 Å². The molecule has 8 heteroatoms. The van der Waals surface area contributed by atoms with Gasteiger partial charge in [-0.05, 0) is 50.1 Å². The van der Waals surface area contributed by atoms with Crippen LogP contribution >= 0.6 is 23.2 Å². The minimum Gasteiger partial charge on any atom is -0.472 e. The molecule has 2 fully saturated rings. The van der Waals surface area contributed by atoms with E-state index in [4.69, 9.17) is 27.9 Å². The van der Waals surface area contributed by atoms with Gasteiger partial charge in [-0.15, -0.1) is 0 Å². The zero-order valence-corrected chi connectivity index (χ0v) is 14.3. The van der Waals surface area contributed by atoms with Crippen LogP contribution in [0.1, 0.15) is 32.6 Å². The molecule has 0 amide bonds. The number of rotatable bonds is 4. The Morgan fingerprint density at radius 2 is 1.83 bits per heavy atom. The lowest BCUT2D eigenvalue weighted by Gasteiger charge is -2.18. The molecule has 3 heterocycles. The Labute approximate surface area is 144 Å². The summed E-state index contributed by atoms with van der Waals surface area (Å²) >= 11 is 12.4. The maximum Gasteiger partial charge on any atom is 0.254 e. The Morgan fingerprint density at radius 3 is 2.52 bits per heavy atom. The predicted molar refractivity (Wildman–Crippen MR) is 89.4 cm³/mol. The number of fused-ring (bicyclic) bond motifs is 1. The first-order chi connectivity index (χ1) is 11.1. The first-order valence-corrected chi connectivity index (χ1v) is 8.70. The SMILES string of the molecule is CC(Oc1nc2nc(Cl)nc(N3CCCC3)c2nc1Cl)C1CC1. The van der Waals surface area contributed by atoms with Gasteiger partial charge in [0.2, 0.25) is 5.28 Å². The van der Waals surface area contributed by atoms with E-state index < -0.39 is 0 Å². The quantitative estimate of drug-likeness (QED) is 0.783. The fourth-order valence-electron chi connectivity index (χ4n) is 2.93. The molecule has 6 nitrogen and oxygen atoms in total. The number of hydrogen-bond donors (Lipinski definition) is 0. The maximum atomic E-state index is 6.29. The lowest BCUT2D eigenvalue weighted by atomic mass is 10.3. The summed E-state index contributed by atoms with van der Waals surface area (Å²) in [6, 6.07) is 0. The largest absolute Gasteiger partial charge is 0.472 e. The summed E-state index contributed by atoms with van der Waals surface area (Å²) in [6.07, 6.45) is 4.71. The maximum absolute atomic E-state index is 6.29. The Kier molecular flexibility index (Phi) is 3.89. The lowest BCUT2D eigenvalue weighted by molar-refractivity contribution is 0.190. The second-order valence-electron chi connectivity index (χ2n) is 6.16. The number of ether oxygens (including phenoxy) is 1. The summed E-state index contributed by atoms with van der Waals surface area (Å²) < 4.78 is 5.86. The molecular formula is C15H17Cl2N5O. The summed E-state index contributed by atoms with van der Waals surface area (Å²) in [6.45, 7) is 3.89. The molecule has 1 aliphatic heterocycles. The fourth-order valence-corrected chi connectivity index (χ4v) is 3.27. The van der Waals surface area contributed by atoms with E-state index in [0.717, 1.165) is 25.9 Å². The zero-order chi connectivity index (χ0) is 16.0. The van der Waals surface area contributed by atoms with Crippen molar-refractivity contribution in [3.63, 3.8) is 0 Å². The first kappa shape index (κ1) is 15.1. The van der Waals surface area contributed by atoms with Gasteiger partial charge < -0.3 is 9.64 Å². The number of halogens is 2. The van der Waals surface area contributed by atoms with E-state index in [9.17, 15) is 0 Å². The van der Waals surface area contributed by atoms with E-state index in [2.05, 4.69) is 24.8 Å². The molecular weight excluding hydrogens is 337 g/mol. The van der Waals surface area contributed by atoms with E-state index in [1.54, 1.807) is 0 Å². The highest BCUT2D eigenvalue weighted by molar-refractivity contribution is 6.31. The summed E-state index contributed by atoms with van der Waals surface area (Å²) in [5.74, 6) is 1.60. The van der Waals surface area contributed by atoms with Crippen LogP contribution < -0.4 is 9.64 Å². The van der Waals surface area contributed by atoms with Crippen LogP contribution in [0.4, 0.5) is 5.82 Å². The summed E-state index contributed by atoms with van der Waals surface area (Å²) in [5, 5.41) is 0.411. The zero-order valence-electron chi connectivity index (χ0n) is 12.8. The highest BCUT2D eigenvalue weighted by Gasteiger charge is 2.31. The third kappa shape index (κ3) is 3.02. The standard InChI is InChI=1S/C15H17Cl2N5O/c1-8(9-4-5-9)23-14-11(16)18-10-12(19-14)20-15(17)21-13(10)22-6-2-3-7-22/h8-9H,2-7H2,1H3. The monoisotopic (exact) mass is 353 g/mol. The minimum absolute atomic E-state index is 0.0783. The van der Waals surface area contributed by atoms with Gasteiger partial charge in [-0.1, -0.05) is 11.6 Å². The molecule has 23 heavy (non-hydrogen) atoms. The number of hydrogen-bond acceptors (Lipinski definition) is 6. The number of aromatic nitrogens is 4. The van der Waals surface area contributed by atoms with Crippen LogP contribution in [-0.2, 0) is 0 Å². The molecule has 1 saturated carbocycles. The van der Waals surface area contributed by atoms with Crippen LogP contribution in [-0.4, -0.2) is 39.1 Å². The molecule has 122 valence electrons. The average Bonchev–Trinajstić information content (AvgIpc) is 3.23. The molecule has 1 aliphatic carbocycles. The molecule has 2 aromatic heterocycles. The van der Waals surface area contributed by atoms with Gasteiger partial charge in [0.1, 0.15) is 6.10 Å². The van der Waals surface area contributed by atoms with Crippen molar-refractivity contribution in [2.75, 3.05) is 18.0 Å². The van der Waals surface area contributed by atoms with Gasteiger partial charge >= 0.3 is 0 Å². The molecule has 2 aromatic rings. The van der Waals surface area contributed by atoms with Crippen molar-refractivity contribution >= 4 is 40.2 Å². The Balaban J connectivity index is 1.75. The van der Waals surface area contributed by atoms with E-state index in [0.29, 0.717) is 28.8 Å². The first-order valence-electron chi connectivity index (χ1n) is 7.94. The molecule has 1 saturated heterocycles. The van der Waals surface area contributed by atoms with Crippen LogP contribution in [0.5, 0.6) is 5.88 Å². The van der Waals surface area contributed by atoms with Gasteiger partial charge in [-0.2, -0.15) is 15.0 Å². The molecule has 0 spiro atoms. The van der Waals surface area contributed by atoms with Crippen LogP contribution in [0.3, 0.4) is 0 Å². The average molecular weight is 354 g/mol. The normalized spacial score (nSPS) is 19.3. The summed E-state index contributed by atoms with van der Waals surface area (Å²) in [4.78, 5) is 19.6. The van der Waals surface area contributed by atoms with E-state index in [-0.39, 0.29) is 16.5 Å². The second-order valence-corrected chi connectivity index (χ2v) is 6.86. The van der Waals surface area contributed by atoms with E-state index in [1.165, 1.54) is 12.8 Å². The van der Waals surface area contributed by atoms with Gasteiger partial charge in [0.15, 0.2) is 22.1 Å². The third-order valence-electron chi connectivity index (χ3n) is 4.40. The van der Waals surface area contributed by atoms with Crippen molar-refractivity contribution < 1.29 is 4.74 Å². The Morgan fingerprint density at radius 1 is 1.09 bits per heavy atom. The molecule has 0 bridgehead atoms. The lowest BCUT2D eigenvalue weighted by Crippen LogP contribution is -2.20. The van der Waals surface area contributed by atoms with Crippen LogP contribution in [0.25, 0.3) is 11.2 Å². The molecule has 1 atom stereocenters. The topological polar surface area (TPSA) is 64.0 Å². The van der Waals surface area contributed by atoms with E-state index in [1.807, 2.05) is 6.92 Å². The van der Waals surface area contributed by atoms with Gasteiger partial charge in [-0.3, -0.25) is 0 Å². The highest BCUT2D eigenvalue weighted by Crippen LogP contribution is 2.36. The van der Waals surface area contributed by atoms with Gasteiger partial charge in [-0.25, -0.2) is 4.98 Å². The number of anilines is 1. The van der Waals surface area contributed by atoms with E-state index >= 15 is 0 Å². The van der Waals surface area contributed by atoms with Crippen LogP contribution in [0.15, 0.2) is 0 Å². The minimum atomic E-state index is 0.0783. The fraction of sp³-hybridized carbons (Fsp3) is 0.600. The molecule has 0 N–H and O–H groups in total. The van der Waals surface area contributed by atoms with Crippen molar-refractivity contribution in [1.29, 1.82) is 0 Å². The summed E-state index contributed by atoms with van der Waals surface area (Å²) in [5.41, 5.74) is 1.00. The van der Waals surface area contributed by atoms with Crippen molar-refractivity contribution in [3.8, 4) is 5.88 Å². The van der Waals surface area contributed by atoms with Crippen molar-refractivity contribution in [2.45, 2.75) is 38.7 Å². The van der Waals surface area contributed by atoms with Crippen molar-refractivity contribution in [1.82, 2.24) is 19.9 Å². The number of nitrogens with zero attached hydrogens (tertiary/aromatic N) is 5. The van der Waals surface area contributed by atoms with Gasteiger partial charge in [0.05, 0.1) is 0 Å². The molecule has 0 aromatic carbocycles. The molecule has 0 radical (unpaired) electrons. The van der Waals surface area contributed by atoms with Crippen LogP contribution in [0, 0.1) is 5.92 Å². The van der Waals surface area contributed by atoms with Crippen LogP contribution in [0.2, 0.25) is 10.4 Å². The van der Waals surface area contributed by atoms with Gasteiger partial charge in [0, 0.05) is 13.1 Å². The van der Waals surface area contributed by atoms with Crippen molar-refractivity contribution in [3.05, 3.63) is 10.4 Å². The Bertz CT molecular complexity index is 746.